The molecule has 21 heavy (non-hydrogen) atoms. The maximum Gasteiger partial charge on any atom is 0.246 e. The zero-order valence-electron chi connectivity index (χ0n) is 12.4. The third-order valence-electron chi connectivity index (χ3n) is 3.57. The molecule has 0 aliphatic heterocycles. The van der Waals surface area contributed by atoms with E-state index in [1.807, 2.05) is 48.5 Å². The van der Waals surface area contributed by atoms with Crippen molar-refractivity contribution in [3.05, 3.63) is 65.2 Å². The largest absolute Gasteiger partial charge is 0.324 e. The van der Waals surface area contributed by atoms with Crippen LogP contribution >= 0.6 is 11.6 Å². The Hall–Kier alpha value is -1.80. The summed E-state index contributed by atoms with van der Waals surface area (Å²) in [5, 5.41) is 2.33. The van der Waals surface area contributed by atoms with Crippen LogP contribution in [0.15, 0.2) is 48.5 Å². The predicted molar refractivity (Wildman–Crippen MR) is 88.9 cm³/mol. The van der Waals surface area contributed by atoms with Crippen LogP contribution in [0, 0.1) is 0 Å². The van der Waals surface area contributed by atoms with Gasteiger partial charge in [-0.1, -0.05) is 62.4 Å². The van der Waals surface area contributed by atoms with Crippen molar-refractivity contribution in [2.75, 3.05) is 5.32 Å². The zero-order valence-corrected chi connectivity index (χ0v) is 13.2. The Bertz CT molecular complexity index is 588. The number of hydrogen-bond acceptors (Lipinski definition) is 1. The van der Waals surface area contributed by atoms with Gasteiger partial charge in [0.25, 0.3) is 0 Å². The number of para-hydroxylation sites is 1. The summed E-state index contributed by atoms with van der Waals surface area (Å²) in [6.45, 7) is 4.17. The van der Waals surface area contributed by atoms with Gasteiger partial charge in [-0.05, 0) is 29.5 Å². The topological polar surface area (TPSA) is 29.1 Å². The van der Waals surface area contributed by atoms with E-state index in [0.29, 0.717) is 0 Å². The molecule has 0 saturated heterocycles. The van der Waals surface area contributed by atoms with Crippen molar-refractivity contribution >= 4 is 23.2 Å². The van der Waals surface area contributed by atoms with Gasteiger partial charge in [0.1, 0.15) is 5.38 Å². The quantitative estimate of drug-likeness (QED) is 0.795. The lowest BCUT2D eigenvalue weighted by atomic mass is 10.0. The van der Waals surface area contributed by atoms with Crippen molar-refractivity contribution in [2.24, 2.45) is 0 Å². The van der Waals surface area contributed by atoms with Crippen LogP contribution in [0.5, 0.6) is 0 Å². The molecule has 0 spiro atoms. The summed E-state index contributed by atoms with van der Waals surface area (Å²) in [6.07, 6.45) is 1.75. The molecule has 0 aliphatic carbocycles. The Morgan fingerprint density at radius 3 is 2.10 bits per heavy atom. The summed E-state index contributed by atoms with van der Waals surface area (Å²) in [6, 6.07) is 15.5. The molecule has 2 aromatic carbocycles. The fraction of sp³-hybridized carbons (Fsp3) is 0.278. The number of nitrogens with one attached hydrogen (secondary N) is 1. The Balaban J connectivity index is 2.24. The van der Waals surface area contributed by atoms with E-state index in [1.165, 1.54) is 0 Å². The molecule has 0 saturated carbocycles. The Morgan fingerprint density at radius 1 is 1.00 bits per heavy atom. The molecule has 2 aromatic rings. The molecule has 0 aliphatic rings. The number of hydrogen-bond donors (Lipinski definition) is 1. The van der Waals surface area contributed by atoms with Crippen molar-refractivity contribution in [3.63, 3.8) is 0 Å². The fourth-order valence-electron chi connectivity index (χ4n) is 2.36. The maximum absolute atomic E-state index is 12.4. The number of anilines is 1. The third-order valence-corrected chi connectivity index (χ3v) is 4.02. The van der Waals surface area contributed by atoms with Gasteiger partial charge in [-0.3, -0.25) is 4.79 Å². The van der Waals surface area contributed by atoms with Crippen LogP contribution in [0.3, 0.4) is 0 Å². The predicted octanol–water partition coefficient (Wildman–Crippen LogP) is 4.73. The van der Waals surface area contributed by atoms with Crippen LogP contribution in [-0.2, 0) is 17.6 Å². The van der Waals surface area contributed by atoms with E-state index in [1.54, 1.807) is 0 Å². The van der Waals surface area contributed by atoms with Gasteiger partial charge in [-0.25, -0.2) is 0 Å². The van der Waals surface area contributed by atoms with Crippen LogP contribution < -0.4 is 5.32 Å². The molecule has 1 amide bonds. The van der Waals surface area contributed by atoms with E-state index in [9.17, 15) is 4.79 Å². The van der Waals surface area contributed by atoms with Crippen LogP contribution in [0.25, 0.3) is 0 Å². The van der Waals surface area contributed by atoms with E-state index >= 15 is 0 Å². The summed E-state index contributed by atoms with van der Waals surface area (Å²) in [7, 11) is 0. The summed E-state index contributed by atoms with van der Waals surface area (Å²) >= 11 is 6.29. The lowest BCUT2D eigenvalue weighted by Crippen LogP contribution is -2.19. The molecule has 2 rings (SSSR count). The minimum Gasteiger partial charge on any atom is -0.324 e. The van der Waals surface area contributed by atoms with Crippen LogP contribution in [0.2, 0.25) is 0 Å². The number of benzene rings is 2. The Labute approximate surface area is 131 Å². The van der Waals surface area contributed by atoms with Crippen molar-refractivity contribution in [3.8, 4) is 0 Å². The van der Waals surface area contributed by atoms with Gasteiger partial charge in [0.15, 0.2) is 0 Å². The second kappa shape index (κ2) is 7.28. The molecule has 2 nitrogen and oxygen atoms in total. The van der Waals surface area contributed by atoms with Gasteiger partial charge >= 0.3 is 0 Å². The van der Waals surface area contributed by atoms with Gasteiger partial charge < -0.3 is 5.32 Å². The van der Waals surface area contributed by atoms with Gasteiger partial charge in [0.2, 0.25) is 5.91 Å². The first-order valence-corrected chi connectivity index (χ1v) is 7.71. The van der Waals surface area contributed by atoms with Crippen LogP contribution in [0.4, 0.5) is 5.69 Å². The molecule has 0 bridgehead atoms. The number of carbonyl (C=O) groups is 1. The standard InChI is InChI=1S/C18H20ClNO/c1-3-13-11-8-12-14(4-2)17(13)20-18(21)16(19)15-9-6-5-7-10-15/h5-12,16H,3-4H2,1-2H3,(H,20,21). The molecule has 3 heteroatoms. The molecule has 1 atom stereocenters. The molecule has 0 radical (unpaired) electrons. The summed E-state index contributed by atoms with van der Waals surface area (Å²) < 4.78 is 0. The molecule has 1 N–H and O–H groups in total. The second-order valence-corrected chi connectivity index (χ2v) is 5.36. The van der Waals surface area contributed by atoms with E-state index in [2.05, 4.69) is 19.2 Å². The summed E-state index contributed by atoms with van der Waals surface area (Å²) in [5.74, 6) is -0.182. The van der Waals surface area contributed by atoms with Crippen molar-refractivity contribution in [1.29, 1.82) is 0 Å². The van der Waals surface area contributed by atoms with Gasteiger partial charge in [-0.2, -0.15) is 0 Å². The minimum absolute atomic E-state index is 0.182. The minimum atomic E-state index is -0.680. The highest BCUT2D eigenvalue weighted by molar-refractivity contribution is 6.32. The molecular formula is C18H20ClNO. The number of rotatable bonds is 5. The molecule has 110 valence electrons. The summed E-state index contributed by atoms with van der Waals surface area (Å²) in [4.78, 5) is 12.4. The monoisotopic (exact) mass is 301 g/mol. The van der Waals surface area contributed by atoms with E-state index in [-0.39, 0.29) is 5.91 Å². The highest BCUT2D eigenvalue weighted by atomic mass is 35.5. The SMILES string of the molecule is CCc1cccc(CC)c1NC(=O)C(Cl)c1ccccc1. The first-order valence-electron chi connectivity index (χ1n) is 7.28. The Kier molecular flexibility index (Phi) is 5.40. The molecule has 0 fully saturated rings. The van der Waals surface area contributed by atoms with E-state index < -0.39 is 5.38 Å². The number of halogens is 1. The smallest absolute Gasteiger partial charge is 0.246 e. The first-order chi connectivity index (χ1) is 10.2. The van der Waals surface area contributed by atoms with E-state index in [4.69, 9.17) is 11.6 Å². The summed E-state index contributed by atoms with van der Waals surface area (Å²) in [5.41, 5.74) is 4.00. The van der Waals surface area contributed by atoms with Crippen molar-refractivity contribution < 1.29 is 4.79 Å². The molecule has 0 aromatic heterocycles. The van der Waals surface area contributed by atoms with E-state index in [0.717, 1.165) is 35.2 Å². The van der Waals surface area contributed by atoms with Crippen molar-refractivity contribution in [1.82, 2.24) is 0 Å². The molecule has 0 heterocycles. The molecular weight excluding hydrogens is 282 g/mol. The maximum atomic E-state index is 12.4. The number of aryl methyl sites for hydroxylation is 2. The number of carbonyl (C=O) groups excluding carboxylic acids is 1. The second-order valence-electron chi connectivity index (χ2n) is 4.92. The average molecular weight is 302 g/mol. The first kappa shape index (κ1) is 15.6. The number of alkyl halides is 1. The normalized spacial score (nSPS) is 12.0. The number of amides is 1. The lowest BCUT2D eigenvalue weighted by molar-refractivity contribution is -0.116. The third kappa shape index (κ3) is 3.64. The van der Waals surface area contributed by atoms with Crippen LogP contribution in [-0.4, -0.2) is 5.91 Å². The Morgan fingerprint density at radius 2 is 1.57 bits per heavy atom. The van der Waals surface area contributed by atoms with Crippen LogP contribution in [0.1, 0.15) is 35.9 Å². The van der Waals surface area contributed by atoms with Gasteiger partial charge in [-0.15, -0.1) is 11.6 Å². The average Bonchev–Trinajstić information content (AvgIpc) is 2.55. The van der Waals surface area contributed by atoms with Gasteiger partial charge in [0.05, 0.1) is 0 Å². The lowest BCUT2D eigenvalue weighted by Gasteiger charge is -2.16. The zero-order chi connectivity index (χ0) is 15.2. The fourth-order valence-corrected chi connectivity index (χ4v) is 2.56. The molecule has 1 unspecified atom stereocenters. The highest BCUT2D eigenvalue weighted by Crippen LogP contribution is 2.26. The highest BCUT2D eigenvalue weighted by Gasteiger charge is 2.19. The van der Waals surface area contributed by atoms with Gasteiger partial charge in [0, 0.05) is 5.69 Å². The van der Waals surface area contributed by atoms with Crippen molar-refractivity contribution in [2.45, 2.75) is 32.1 Å².